The molecule has 5 nitrogen and oxygen atoms in total. The van der Waals surface area contributed by atoms with E-state index in [0.717, 1.165) is 0 Å². The van der Waals surface area contributed by atoms with Crippen LogP contribution in [0.5, 0.6) is 0 Å². The second-order valence-corrected chi connectivity index (χ2v) is 4.99. The minimum Gasteiger partial charge on any atom is -0.389 e. The summed E-state index contributed by atoms with van der Waals surface area (Å²) < 4.78 is 5.29. The van der Waals surface area contributed by atoms with E-state index in [1.54, 1.807) is 18.2 Å². The molecule has 0 aliphatic rings. The van der Waals surface area contributed by atoms with E-state index in [1.165, 1.54) is 6.07 Å². The van der Waals surface area contributed by atoms with E-state index < -0.39 is 6.10 Å². The van der Waals surface area contributed by atoms with Gasteiger partial charge in [0.1, 0.15) is 0 Å². The zero-order valence-electron chi connectivity index (χ0n) is 11.8. The molecule has 5 heteroatoms. The van der Waals surface area contributed by atoms with Crippen LogP contribution >= 0.6 is 0 Å². The molecule has 0 aliphatic carbocycles. The molecule has 0 saturated carbocycles. The summed E-state index contributed by atoms with van der Waals surface area (Å²) in [4.78, 5) is 11.8. The van der Waals surface area contributed by atoms with Crippen LogP contribution in [-0.2, 0) is 4.74 Å². The molecule has 0 aliphatic heterocycles. The second-order valence-electron chi connectivity index (χ2n) is 4.99. The van der Waals surface area contributed by atoms with Crippen LogP contribution in [0.1, 0.15) is 29.8 Å². The molecule has 0 spiro atoms. The number of hydrogen-bond acceptors (Lipinski definition) is 4. The number of nitriles is 1. The van der Waals surface area contributed by atoms with Crippen LogP contribution in [-0.4, -0.2) is 36.9 Å². The predicted octanol–water partition coefficient (Wildman–Crippen LogP) is 1.32. The van der Waals surface area contributed by atoms with Crippen LogP contribution in [0.15, 0.2) is 24.3 Å². The first kappa shape index (κ1) is 16.2. The molecule has 0 aromatic heterocycles. The first-order chi connectivity index (χ1) is 9.52. The molecular formula is C15H20N2O3. The van der Waals surface area contributed by atoms with E-state index in [-0.39, 0.29) is 19.1 Å². The van der Waals surface area contributed by atoms with Crippen molar-refractivity contribution in [2.75, 3.05) is 19.8 Å². The SMILES string of the molecule is CC(C)COCC(O)CNC(=O)c1cccc(C#N)c1. The fourth-order valence-electron chi connectivity index (χ4n) is 1.54. The van der Waals surface area contributed by atoms with E-state index in [9.17, 15) is 9.90 Å². The van der Waals surface area contributed by atoms with Gasteiger partial charge in [-0.25, -0.2) is 0 Å². The second kappa shape index (κ2) is 8.31. The molecule has 0 heterocycles. The third kappa shape index (κ3) is 5.83. The Kier molecular flexibility index (Phi) is 6.71. The molecule has 1 unspecified atom stereocenters. The number of carbonyl (C=O) groups excluding carboxylic acids is 1. The molecule has 0 radical (unpaired) electrons. The standard InChI is InChI=1S/C15H20N2O3/c1-11(2)9-20-10-14(18)8-17-15(19)13-5-3-4-12(6-13)7-16/h3-6,11,14,18H,8-10H2,1-2H3,(H,17,19). The van der Waals surface area contributed by atoms with Gasteiger partial charge in [0.25, 0.3) is 5.91 Å². The average Bonchev–Trinajstić information content (AvgIpc) is 2.44. The molecule has 1 aromatic rings. The zero-order chi connectivity index (χ0) is 15.0. The lowest BCUT2D eigenvalue weighted by Gasteiger charge is -2.13. The van der Waals surface area contributed by atoms with Gasteiger partial charge in [-0.05, 0) is 24.1 Å². The highest BCUT2D eigenvalue weighted by Gasteiger charge is 2.10. The van der Waals surface area contributed by atoms with Crippen molar-refractivity contribution >= 4 is 5.91 Å². The van der Waals surface area contributed by atoms with E-state index in [4.69, 9.17) is 10.00 Å². The molecule has 2 N–H and O–H groups in total. The Morgan fingerprint density at radius 3 is 2.85 bits per heavy atom. The van der Waals surface area contributed by atoms with E-state index in [2.05, 4.69) is 5.32 Å². The highest BCUT2D eigenvalue weighted by atomic mass is 16.5. The maximum absolute atomic E-state index is 11.8. The van der Waals surface area contributed by atoms with Gasteiger partial charge in [0.05, 0.1) is 24.3 Å². The van der Waals surface area contributed by atoms with Crippen molar-refractivity contribution in [1.29, 1.82) is 5.26 Å². The van der Waals surface area contributed by atoms with Gasteiger partial charge in [0.15, 0.2) is 0 Å². The number of rotatable bonds is 7. The van der Waals surface area contributed by atoms with Gasteiger partial charge in [-0.1, -0.05) is 19.9 Å². The fourth-order valence-corrected chi connectivity index (χ4v) is 1.54. The average molecular weight is 276 g/mol. The minimum atomic E-state index is -0.739. The molecular weight excluding hydrogens is 256 g/mol. The summed E-state index contributed by atoms with van der Waals surface area (Å²) in [6.45, 7) is 4.94. The number of amides is 1. The van der Waals surface area contributed by atoms with Gasteiger partial charge in [-0.2, -0.15) is 5.26 Å². The number of ether oxygens (including phenoxy) is 1. The number of benzene rings is 1. The van der Waals surface area contributed by atoms with Crippen LogP contribution in [0.2, 0.25) is 0 Å². The molecule has 1 rings (SSSR count). The van der Waals surface area contributed by atoms with Crippen LogP contribution in [0.3, 0.4) is 0 Å². The normalized spacial score (nSPS) is 11.9. The lowest BCUT2D eigenvalue weighted by Crippen LogP contribution is -2.34. The first-order valence-corrected chi connectivity index (χ1v) is 6.57. The topological polar surface area (TPSA) is 82.3 Å². The number of hydrogen-bond donors (Lipinski definition) is 2. The lowest BCUT2D eigenvalue weighted by molar-refractivity contribution is 0.0259. The van der Waals surface area contributed by atoms with E-state index in [0.29, 0.717) is 23.7 Å². The number of carbonyl (C=O) groups is 1. The Balaban J connectivity index is 2.37. The third-order valence-corrected chi connectivity index (χ3v) is 2.51. The van der Waals surface area contributed by atoms with Gasteiger partial charge in [-0.3, -0.25) is 4.79 Å². The van der Waals surface area contributed by atoms with Crippen LogP contribution in [0.25, 0.3) is 0 Å². The highest BCUT2D eigenvalue weighted by Crippen LogP contribution is 2.04. The molecule has 0 bridgehead atoms. The van der Waals surface area contributed by atoms with Gasteiger partial charge >= 0.3 is 0 Å². The Morgan fingerprint density at radius 2 is 2.20 bits per heavy atom. The maximum atomic E-state index is 11.8. The number of aliphatic hydroxyl groups excluding tert-OH is 1. The third-order valence-electron chi connectivity index (χ3n) is 2.51. The van der Waals surface area contributed by atoms with Crippen molar-refractivity contribution in [2.24, 2.45) is 5.92 Å². The summed E-state index contributed by atoms with van der Waals surface area (Å²) >= 11 is 0. The van der Waals surface area contributed by atoms with Crippen molar-refractivity contribution in [3.8, 4) is 6.07 Å². The summed E-state index contributed by atoms with van der Waals surface area (Å²) in [5, 5.41) is 21.0. The monoisotopic (exact) mass is 276 g/mol. The Labute approximate surface area is 119 Å². The molecule has 1 amide bonds. The molecule has 1 aromatic carbocycles. The maximum Gasteiger partial charge on any atom is 0.251 e. The number of nitrogens with zero attached hydrogens (tertiary/aromatic N) is 1. The van der Waals surface area contributed by atoms with E-state index in [1.807, 2.05) is 19.9 Å². The first-order valence-electron chi connectivity index (χ1n) is 6.57. The van der Waals surface area contributed by atoms with E-state index >= 15 is 0 Å². The zero-order valence-corrected chi connectivity index (χ0v) is 11.8. The van der Waals surface area contributed by atoms with Crippen molar-refractivity contribution in [3.63, 3.8) is 0 Å². The largest absolute Gasteiger partial charge is 0.389 e. The van der Waals surface area contributed by atoms with Gasteiger partial charge < -0.3 is 15.2 Å². The van der Waals surface area contributed by atoms with Gasteiger partial charge in [-0.15, -0.1) is 0 Å². The fraction of sp³-hybridized carbons (Fsp3) is 0.467. The van der Waals surface area contributed by atoms with Gasteiger partial charge in [0, 0.05) is 18.7 Å². The van der Waals surface area contributed by atoms with Gasteiger partial charge in [0.2, 0.25) is 0 Å². The smallest absolute Gasteiger partial charge is 0.251 e. The summed E-state index contributed by atoms with van der Waals surface area (Å²) in [6.07, 6.45) is -0.739. The molecule has 108 valence electrons. The quantitative estimate of drug-likeness (QED) is 0.787. The summed E-state index contributed by atoms with van der Waals surface area (Å²) in [5.41, 5.74) is 0.831. The summed E-state index contributed by atoms with van der Waals surface area (Å²) in [7, 11) is 0. The van der Waals surface area contributed by atoms with Crippen molar-refractivity contribution in [2.45, 2.75) is 20.0 Å². The number of aliphatic hydroxyl groups is 1. The van der Waals surface area contributed by atoms with Crippen LogP contribution in [0.4, 0.5) is 0 Å². The predicted molar refractivity (Wildman–Crippen MR) is 75.2 cm³/mol. The van der Waals surface area contributed by atoms with Crippen LogP contribution < -0.4 is 5.32 Å². The van der Waals surface area contributed by atoms with Crippen molar-refractivity contribution < 1.29 is 14.6 Å². The Bertz CT molecular complexity index is 480. The summed E-state index contributed by atoms with van der Waals surface area (Å²) in [5.74, 6) is 0.0931. The molecule has 0 saturated heterocycles. The highest BCUT2D eigenvalue weighted by molar-refractivity contribution is 5.94. The van der Waals surface area contributed by atoms with Crippen molar-refractivity contribution in [3.05, 3.63) is 35.4 Å². The summed E-state index contributed by atoms with van der Waals surface area (Å²) in [6, 6.07) is 8.39. The molecule has 20 heavy (non-hydrogen) atoms. The Hall–Kier alpha value is -1.90. The molecule has 0 fully saturated rings. The van der Waals surface area contributed by atoms with Crippen LogP contribution in [0, 0.1) is 17.2 Å². The number of nitrogens with one attached hydrogen (secondary N) is 1. The minimum absolute atomic E-state index is 0.119. The Morgan fingerprint density at radius 1 is 1.45 bits per heavy atom. The molecule has 1 atom stereocenters. The van der Waals surface area contributed by atoms with Crippen molar-refractivity contribution in [1.82, 2.24) is 5.32 Å². The lowest BCUT2D eigenvalue weighted by atomic mass is 10.1.